The minimum Gasteiger partial charge on any atom is -0.288 e. The van der Waals surface area contributed by atoms with Gasteiger partial charge in [-0.05, 0) is 31.5 Å². The number of aromatic nitrogens is 2. The fourth-order valence-electron chi connectivity index (χ4n) is 2.59. The van der Waals surface area contributed by atoms with E-state index in [0.717, 1.165) is 13.1 Å². The Bertz CT molecular complexity index is 469. The molecule has 0 aromatic carbocycles. The molecule has 2 aromatic rings. The smallest absolute Gasteiger partial charge is 0.107 e. The maximum Gasteiger partial charge on any atom is 0.107 e. The molecule has 3 heterocycles. The monoisotopic (exact) mass is 259 g/mol. The van der Waals surface area contributed by atoms with E-state index in [9.17, 15) is 0 Å². The average Bonchev–Trinajstić information content (AvgIpc) is 2.93. The third kappa shape index (κ3) is 2.60. The minimum absolute atomic E-state index is 0.462. The zero-order valence-electron chi connectivity index (χ0n) is 10.3. The van der Waals surface area contributed by atoms with Crippen molar-refractivity contribution in [2.24, 2.45) is 0 Å². The van der Waals surface area contributed by atoms with Gasteiger partial charge in [-0.2, -0.15) is 0 Å². The van der Waals surface area contributed by atoms with Crippen LogP contribution in [0.3, 0.4) is 0 Å². The van der Waals surface area contributed by atoms with Gasteiger partial charge in [0.1, 0.15) is 5.01 Å². The van der Waals surface area contributed by atoms with Gasteiger partial charge in [0.05, 0.1) is 18.3 Å². The Morgan fingerprint density at radius 2 is 2.22 bits per heavy atom. The molecule has 0 radical (unpaired) electrons. The molecular formula is C14H17N3S. The highest BCUT2D eigenvalue weighted by molar-refractivity contribution is 7.09. The number of rotatable bonds is 3. The molecule has 94 valence electrons. The van der Waals surface area contributed by atoms with E-state index in [-0.39, 0.29) is 0 Å². The predicted molar refractivity (Wildman–Crippen MR) is 73.4 cm³/mol. The number of thiazole rings is 1. The second kappa shape index (κ2) is 5.59. The molecule has 1 saturated heterocycles. The molecule has 4 heteroatoms. The lowest BCUT2D eigenvalue weighted by molar-refractivity contribution is 0.137. The van der Waals surface area contributed by atoms with Gasteiger partial charge in [0.15, 0.2) is 0 Å². The van der Waals surface area contributed by atoms with E-state index in [4.69, 9.17) is 0 Å². The Hall–Kier alpha value is -1.26. The van der Waals surface area contributed by atoms with E-state index in [0.29, 0.717) is 6.04 Å². The molecular weight excluding hydrogens is 242 g/mol. The highest BCUT2D eigenvalue weighted by atomic mass is 32.1. The van der Waals surface area contributed by atoms with Crippen molar-refractivity contribution in [2.45, 2.75) is 31.8 Å². The summed E-state index contributed by atoms with van der Waals surface area (Å²) in [6.07, 6.45) is 7.58. The summed E-state index contributed by atoms with van der Waals surface area (Å²) < 4.78 is 0. The normalized spacial score (nSPS) is 21.0. The van der Waals surface area contributed by atoms with Crippen molar-refractivity contribution < 1.29 is 0 Å². The number of piperidine rings is 1. The van der Waals surface area contributed by atoms with Crippen LogP contribution in [-0.2, 0) is 6.54 Å². The van der Waals surface area contributed by atoms with Gasteiger partial charge in [-0.15, -0.1) is 11.3 Å². The van der Waals surface area contributed by atoms with Gasteiger partial charge in [0, 0.05) is 17.8 Å². The van der Waals surface area contributed by atoms with Crippen molar-refractivity contribution in [3.05, 3.63) is 46.7 Å². The maximum atomic E-state index is 4.52. The number of hydrogen-bond donors (Lipinski definition) is 0. The maximum absolute atomic E-state index is 4.52. The summed E-state index contributed by atoms with van der Waals surface area (Å²) in [5.41, 5.74) is 1.20. The molecule has 1 aliphatic rings. The van der Waals surface area contributed by atoms with Crippen LogP contribution >= 0.6 is 11.3 Å². The molecule has 3 rings (SSSR count). The Kier molecular flexibility index (Phi) is 3.67. The molecule has 0 N–H and O–H groups in total. The molecule has 3 nitrogen and oxygen atoms in total. The van der Waals surface area contributed by atoms with E-state index in [1.807, 2.05) is 18.5 Å². The van der Waals surface area contributed by atoms with Crippen LogP contribution in [0.1, 0.15) is 36.0 Å². The first-order valence-electron chi connectivity index (χ1n) is 6.47. The average molecular weight is 259 g/mol. The molecule has 0 saturated carbocycles. The summed E-state index contributed by atoms with van der Waals surface area (Å²) in [6, 6.07) is 6.67. The van der Waals surface area contributed by atoms with Crippen molar-refractivity contribution >= 4 is 11.3 Å². The molecule has 0 bridgehead atoms. The van der Waals surface area contributed by atoms with E-state index < -0.39 is 0 Å². The third-order valence-electron chi connectivity index (χ3n) is 3.46. The first-order chi connectivity index (χ1) is 8.93. The second-order valence-electron chi connectivity index (χ2n) is 4.66. The lowest BCUT2D eigenvalue weighted by Crippen LogP contribution is -2.33. The van der Waals surface area contributed by atoms with E-state index in [2.05, 4.69) is 32.4 Å². The van der Waals surface area contributed by atoms with Gasteiger partial charge in [-0.3, -0.25) is 9.88 Å². The van der Waals surface area contributed by atoms with Crippen LogP contribution in [0.15, 0.2) is 36.0 Å². The quantitative estimate of drug-likeness (QED) is 0.847. The minimum atomic E-state index is 0.462. The standard InChI is InChI=1S/C14H17N3S/c1-3-7-15-12(5-1)13-6-2-4-9-17(13)11-14-16-8-10-18-14/h1,3,5,7-8,10,13H,2,4,6,9,11H2/t13-/m1/s1. The zero-order chi connectivity index (χ0) is 12.2. The van der Waals surface area contributed by atoms with E-state index in [1.54, 1.807) is 11.3 Å². The summed E-state index contributed by atoms with van der Waals surface area (Å²) >= 11 is 1.74. The molecule has 1 fully saturated rings. The van der Waals surface area contributed by atoms with Crippen molar-refractivity contribution in [1.82, 2.24) is 14.9 Å². The van der Waals surface area contributed by atoms with Gasteiger partial charge in [0.2, 0.25) is 0 Å². The highest BCUT2D eigenvalue weighted by Gasteiger charge is 2.25. The second-order valence-corrected chi connectivity index (χ2v) is 5.64. The molecule has 0 amide bonds. The first-order valence-corrected chi connectivity index (χ1v) is 7.35. The van der Waals surface area contributed by atoms with Crippen molar-refractivity contribution in [2.75, 3.05) is 6.54 Å². The summed E-state index contributed by atoms with van der Waals surface area (Å²) in [6.45, 7) is 2.11. The lowest BCUT2D eigenvalue weighted by Gasteiger charge is -2.34. The van der Waals surface area contributed by atoms with Gasteiger partial charge >= 0.3 is 0 Å². The van der Waals surface area contributed by atoms with Crippen LogP contribution in [0.4, 0.5) is 0 Å². The van der Waals surface area contributed by atoms with Crippen LogP contribution in [0.25, 0.3) is 0 Å². The molecule has 0 unspecified atom stereocenters. The third-order valence-corrected chi connectivity index (χ3v) is 4.23. The predicted octanol–water partition coefficient (Wildman–Crippen LogP) is 3.27. The number of pyridine rings is 1. The molecule has 0 aliphatic carbocycles. The Balaban J connectivity index is 1.78. The van der Waals surface area contributed by atoms with Crippen molar-refractivity contribution in [3.8, 4) is 0 Å². The number of likely N-dealkylation sites (tertiary alicyclic amines) is 1. The Morgan fingerprint density at radius 1 is 1.22 bits per heavy atom. The van der Waals surface area contributed by atoms with Gasteiger partial charge < -0.3 is 0 Å². The summed E-state index contributed by atoms with van der Waals surface area (Å²) in [7, 11) is 0. The summed E-state index contributed by atoms with van der Waals surface area (Å²) in [5, 5.41) is 3.26. The van der Waals surface area contributed by atoms with Crippen LogP contribution in [0, 0.1) is 0 Å². The van der Waals surface area contributed by atoms with Gasteiger partial charge in [-0.1, -0.05) is 12.5 Å². The number of nitrogens with zero attached hydrogens (tertiary/aromatic N) is 3. The zero-order valence-corrected chi connectivity index (χ0v) is 11.1. The fourth-order valence-corrected chi connectivity index (χ4v) is 3.23. The lowest BCUT2D eigenvalue weighted by atomic mass is 9.99. The van der Waals surface area contributed by atoms with Crippen molar-refractivity contribution in [1.29, 1.82) is 0 Å². The van der Waals surface area contributed by atoms with Gasteiger partial charge in [-0.25, -0.2) is 4.98 Å². The number of hydrogen-bond acceptors (Lipinski definition) is 4. The van der Waals surface area contributed by atoms with Crippen LogP contribution in [0.5, 0.6) is 0 Å². The van der Waals surface area contributed by atoms with Crippen LogP contribution < -0.4 is 0 Å². The van der Waals surface area contributed by atoms with Crippen molar-refractivity contribution in [3.63, 3.8) is 0 Å². The molecule has 18 heavy (non-hydrogen) atoms. The van der Waals surface area contributed by atoms with Gasteiger partial charge in [0.25, 0.3) is 0 Å². The van der Waals surface area contributed by atoms with Crippen LogP contribution in [-0.4, -0.2) is 21.4 Å². The summed E-state index contributed by atoms with van der Waals surface area (Å²) in [5.74, 6) is 0. The molecule has 1 atom stereocenters. The van der Waals surface area contributed by atoms with E-state index >= 15 is 0 Å². The topological polar surface area (TPSA) is 29.0 Å². The largest absolute Gasteiger partial charge is 0.288 e. The highest BCUT2D eigenvalue weighted by Crippen LogP contribution is 2.31. The van der Waals surface area contributed by atoms with Crippen LogP contribution in [0.2, 0.25) is 0 Å². The SMILES string of the molecule is c1ccc([C@H]2CCCCN2Cc2nccs2)nc1. The van der Waals surface area contributed by atoms with E-state index in [1.165, 1.54) is 30.0 Å². The fraction of sp³-hybridized carbons (Fsp3) is 0.429. The summed E-state index contributed by atoms with van der Waals surface area (Å²) in [4.78, 5) is 11.4. The molecule has 1 aliphatic heterocycles. The first kappa shape index (κ1) is 11.8. The molecule has 2 aromatic heterocycles. The Morgan fingerprint density at radius 3 is 3.00 bits per heavy atom. The molecule has 0 spiro atoms. The Labute approximate surface area is 112 Å².